The van der Waals surface area contributed by atoms with E-state index in [9.17, 15) is 0 Å². The van der Waals surface area contributed by atoms with E-state index in [0.717, 1.165) is 18.9 Å². The summed E-state index contributed by atoms with van der Waals surface area (Å²) in [4.78, 5) is 0. The Morgan fingerprint density at radius 2 is 2.27 bits per heavy atom. The highest BCUT2D eigenvalue weighted by Crippen LogP contribution is 2.41. The first kappa shape index (κ1) is 10.7. The minimum absolute atomic E-state index is 0.478. The Balaban J connectivity index is 2.17. The molecule has 15 heavy (non-hydrogen) atoms. The maximum absolute atomic E-state index is 4.71. The summed E-state index contributed by atoms with van der Waals surface area (Å²) in [6.45, 7) is 5.42. The van der Waals surface area contributed by atoms with E-state index in [1.54, 1.807) is 0 Å². The van der Waals surface area contributed by atoms with E-state index < -0.39 is 0 Å². The summed E-state index contributed by atoms with van der Waals surface area (Å²) < 4.78 is 2.11. The fraction of sp³-hybridized carbons (Fsp3) is 0.750. The third-order valence-corrected chi connectivity index (χ3v) is 2.98. The van der Waals surface area contributed by atoms with E-state index in [-0.39, 0.29) is 0 Å². The lowest BCUT2D eigenvalue weighted by atomic mass is 10.1. The van der Waals surface area contributed by atoms with Gasteiger partial charge in [-0.05, 0) is 52.3 Å². The lowest BCUT2D eigenvalue weighted by Gasteiger charge is -2.03. The number of hydrogen-bond acceptors (Lipinski definition) is 2. The Bertz CT molecular complexity index is 324. The van der Waals surface area contributed by atoms with E-state index in [4.69, 9.17) is 5.10 Å². The van der Waals surface area contributed by atoms with Gasteiger partial charge in [-0.1, -0.05) is 0 Å². The molecule has 0 spiro atoms. The second-order valence-electron chi connectivity index (χ2n) is 4.74. The predicted molar refractivity (Wildman–Crippen MR) is 62.2 cm³/mol. The number of rotatable bonds is 5. The van der Waals surface area contributed by atoms with Gasteiger partial charge in [0.2, 0.25) is 0 Å². The van der Waals surface area contributed by atoms with Gasteiger partial charge in [0.15, 0.2) is 0 Å². The van der Waals surface area contributed by atoms with Crippen LogP contribution >= 0.6 is 0 Å². The molecule has 1 aromatic heterocycles. The van der Waals surface area contributed by atoms with E-state index in [1.807, 2.05) is 7.05 Å². The van der Waals surface area contributed by atoms with Gasteiger partial charge in [-0.25, -0.2) is 0 Å². The largest absolute Gasteiger partial charge is 0.319 e. The quantitative estimate of drug-likeness (QED) is 0.801. The number of aromatic nitrogens is 2. The van der Waals surface area contributed by atoms with Gasteiger partial charge in [-0.3, -0.25) is 4.68 Å². The van der Waals surface area contributed by atoms with Gasteiger partial charge in [0.25, 0.3) is 0 Å². The molecule has 0 amide bonds. The van der Waals surface area contributed by atoms with Crippen LogP contribution in [0.25, 0.3) is 0 Å². The second-order valence-corrected chi connectivity index (χ2v) is 4.74. The van der Waals surface area contributed by atoms with Gasteiger partial charge >= 0.3 is 0 Å². The molecule has 1 aromatic rings. The summed E-state index contributed by atoms with van der Waals surface area (Å²) in [6, 6.07) is 0.478. The molecule has 1 aliphatic rings. The minimum atomic E-state index is 0.478. The van der Waals surface area contributed by atoms with E-state index in [2.05, 4.69) is 30.0 Å². The van der Waals surface area contributed by atoms with Gasteiger partial charge in [0, 0.05) is 18.2 Å². The van der Waals surface area contributed by atoms with Crippen LogP contribution in [-0.4, -0.2) is 23.4 Å². The van der Waals surface area contributed by atoms with E-state index in [1.165, 1.54) is 24.1 Å². The summed E-state index contributed by atoms with van der Waals surface area (Å²) in [7, 11) is 2.00. The maximum Gasteiger partial charge on any atom is 0.0688 e. The van der Waals surface area contributed by atoms with Crippen LogP contribution in [0.5, 0.6) is 0 Å². The van der Waals surface area contributed by atoms with Crippen LogP contribution in [0.2, 0.25) is 0 Å². The lowest BCUT2D eigenvalue weighted by Crippen LogP contribution is -2.10. The monoisotopic (exact) mass is 207 g/mol. The smallest absolute Gasteiger partial charge is 0.0688 e. The van der Waals surface area contributed by atoms with Gasteiger partial charge in [-0.2, -0.15) is 5.10 Å². The maximum atomic E-state index is 4.71. The summed E-state index contributed by atoms with van der Waals surface area (Å²) in [5.41, 5.74) is 2.81. The first-order valence-corrected chi connectivity index (χ1v) is 5.95. The highest BCUT2D eigenvalue weighted by Gasteiger charge is 2.29. The molecule has 1 fully saturated rings. The number of hydrogen-bond donors (Lipinski definition) is 1. The standard InChI is InChI=1S/C12H21N3/c1-9(2)15-8-11(6-7-13-3)12(14-15)10-4-5-10/h8-10,13H,4-7H2,1-3H3. The molecule has 1 saturated carbocycles. The predicted octanol–water partition coefficient (Wildman–Crippen LogP) is 2.10. The summed E-state index contributed by atoms with van der Waals surface area (Å²) in [6.07, 6.45) is 6.01. The third kappa shape index (κ3) is 2.40. The minimum Gasteiger partial charge on any atom is -0.319 e. The Morgan fingerprint density at radius 1 is 1.53 bits per heavy atom. The van der Waals surface area contributed by atoms with Crippen molar-refractivity contribution in [2.75, 3.05) is 13.6 Å². The molecule has 1 heterocycles. The second kappa shape index (κ2) is 4.35. The molecule has 0 radical (unpaired) electrons. The van der Waals surface area contributed by atoms with Crippen LogP contribution in [0.4, 0.5) is 0 Å². The zero-order valence-electron chi connectivity index (χ0n) is 9.95. The highest BCUT2D eigenvalue weighted by atomic mass is 15.3. The Labute approximate surface area is 91.9 Å². The summed E-state index contributed by atoms with van der Waals surface area (Å²) in [5.74, 6) is 0.761. The molecule has 0 atom stereocenters. The summed E-state index contributed by atoms with van der Waals surface area (Å²) in [5, 5.41) is 7.92. The first-order chi connectivity index (χ1) is 7.22. The topological polar surface area (TPSA) is 29.9 Å². The molecule has 0 aromatic carbocycles. The molecule has 0 bridgehead atoms. The summed E-state index contributed by atoms with van der Waals surface area (Å²) >= 11 is 0. The van der Waals surface area contributed by atoms with Crippen LogP contribution in [0.3, 0.4) is 0 Å². The molecule has 0 unspecified atom stereocenters. The normalized spacial score (nSPS) is 16.3. The van der Waals surface area contributed by atoms with Crippen molar-refractivity contribution in [3.8, 4) is 0 Å². The number of nitrogens with zero attached hydrogens (tertiary/aromatic N) is 2. The number of likely N-dealkylation sites (N-methyl/N-ethyl adjacent to an activating group) is 1. The molecular formula is C12H21N3. The van der Waals surface area contributed by atoms with Crippen LogP contribution in [0, 0.1) is 0 Å². The molecule has 3 nitrogen and oxygen atoms in total. The van der Waals surface area contributed by atoms with Gasteiger partial charge in [-0.15, -0.1) is 0 Å². The molecule has 84 valence electrons. The molecular weight excluding hydrogens is 186 g/mol. The number of nitrogens with one attached hydrogen (secondary N) is 1. The van der Waals surface area contributed by atoms with Crippen molar-refractivity contribution < 1.29 is 0 Å². The van der Waals surface area contributed by atoms with Gasteiger partial charge in [0.05, 0.1) is 5.69 Å². The van der Waals surface area contributed by atoms with Crippen molar-refractivity contribution in [2.45, 2.75) is 45.1 Å². The fourth-order valence-corrected chi connectivity index (χ4v) is 1.86. The Hall–Kier alpha value is -0.830. The van der Waals surface area contributed by atoms with E-state index in [0.29, 0.717) is 6.04 Å². The lowest BCUT2D eigenvalue weighted by molar-refractivity contribution is 0.526. The van der Waals surface area contributed by atoms with Gasteiger partial charge in [0.1, 0.15) is 0 Å². The third-order valence-electron chi connectivity index (χ3n) is 2.98. The first-order valence-electron chi connectivity index (χ1n) is 5.95. The molecule has 3 heteroatoms. The molecule has 2 rings (SSSR count). The van der Waals surface area contributed by atoms with Gasteiger partial charge < -0.3 is 5.32 Å². The molecule has 1 N–H and O–H groups in total. The highest BCUT2D eigenvalue weighted by molar-refractivity contribution is 5.25. The zero-order valence-corrected chi connectivity index (χ0v) is 9.95. The van der Waals surface area contributed by atoms with Crippen molar-refractivity contribution in [1.29, 1.82) is 0 Å². The van der Waals surface area contributed by atoms with Crippen molar-refractivity contribution in [1.82, 2.24) is 15.1 Å². The van der Waals surface area contributed by atoms with Crippen LogP contribution in [0.1, 0.15) is 49.9 Å². The molecule has 1 aliphatic carbocycles. The van der Waals surface area contributed by atoms with Crippen molar-refractivity contribution in [2.24, 2.45) is 0 Å². The average molecular weight is 207 g/mol. The van der Waals surface area contributed by atoms with Crippen LogP contribution in [0.15, 0.2) is 6.20 Å². The van der Waals surface area contributed by atoms with E-state index >= 15 is 0 Å². The average Bonchev–Trinajstić information content (AvgIpc) is 2.95. The van der Waals surface area contributed by atoms with Crippen LogP contribution in [-0.2, 0) is 6.42 Å². The fourth-order valence-electron chi connectivity index (χ4n) is 1.86. The van der Waals surface area contributed by atoms with Crippen molar-refractivity contribution >= 4 is 0 Å². The van der Waals surface area contributed by atoms with Crippen molar-refractivity contribution in [3.63, 3.8) is 0 Å². The van der Waals surface area contributed by atoms with Crippen LogP contribution < -0.4 is 5.32 Å². The van der Waals surface area contributed by atoms with Crippen molar-refractivity contribution in [3.05, 3.63) is 17.5 Å². The SMILES string of the molecule is CNCCc1cn(C(C)C)nc1C1CC1. The molecule has 0 aliphatic heterocycles. The Morgan fingerprint density at radius 3 is 2.80 bits per heavy atom. The zero-order chi connectivity index (χ0) is 10.8. The molecule has 0 saturated heterocycles. The Kier molecular flexibility index (Phi) is 3.10.